The van der Waals surface area contributed by atoms with Crippen molar-refractivity contribution in [1.82, 2.24) is 14.9 Å². The fourth-order valence-corrected chi connectivity index (χ4v) is 3.13. The second kappa shape index (κ2) is 6.75. The molecule has 1 unspecified atom stereocenters. The van der Waals surface area contributed by atoms with Crippen molar-refractivity contribution in [3.8, 4) is 0 Å². The molecule has 0 saturated carbocycles. The van der Waals surface area contributed by atoms with Gasteiger partial charge in [-0.05, 0) is 6.42 Å². The van der Waals surface area contributed by atoms with E-state index in [1.807, 2.05) is 6.92 Å². The van der Waals surface area contributed by atoms with Crippen molar-refractivity contribution in [3.05, 3.63) is 22.1 Å². The molecular weight excluding hydrogens is 294 g/mol. The molecule has 1 atom stereocenters. The normalized spacial score (nSPS) is 14.5. The molecule has 1 aromatic heterocycles. The number of carboxylic acids is 1. The van der Waals surface area contributed by atoms with Gasteiger partial charge >= 0.3 is 5.97 Å². The van der Waals surface area contributed by atoms with Crippen LogP contribution in [0.25, 0.3) is 0 Å². The minimum Gasteiger partial charge on any atom is -0.481 e. The van der Waals surface area contributed by atoms with Crippen molar-refractivity contribution in [3.63, 3.8) is 0 Å². The van der Waals surface area contributed by atoms with E-state index < -0.39 is 17.9 Å². The second-order valence-electron chi connectivity index (χ2n) is 4.82. The number of hydrogen-bond acceptors (Lipinski definition) is 5. The molecule has 0 aliphatic carbocycles. The molecule has 21 heavy (non-hydrogen) atoms. The number of hydrogen-bond donors (Lipinski definition) is 2. The van der Waals surface area contributed by atoms with Crippen LogP contribution in [0.15, 0.2) is 16.1 Å². The summed E-state index contributed by atoms with van der Waals surface area (Å²) in [5.41, 5.74) is -0.402. The van der Waals surface area contributed by atoms with Crippen LogP contribution in [0.5, 0.6) is 0 Å². The number of aliphatic carboxylic acids is 1. The van der Waals surface area contributed by atoms with Gasteiger partial charge in [0.2, 0.25) is 0 Å². The lowest BCUT2D eigenvalue weighted by Crippen LogP contribution is -2.40. The van der Waals surface area contributed by atoms with Crippen molar-refractivity contribution < 1.29 is 14.7 Å². The van der Waals surface area contributed by atoms with Gasteiger partial charge < -0.3 is 10.4 Å². The molecule has 1 aliphatic rings. The predicted octanol–water partition coefficient (Wildman–Crippen LogP) is 0.722. The zero-order valence-corrected chi connectivity index (χ0v) is 12.5. The minimum absolute atomic E-state index is 0.0345. The van der Waals surface area contributed by atoms with Crippen LogP contribution in [0, 0.1) is 0 Å². The number of nitrogens with one attached hydrogen (secondary N) is 1. The Morgan fingerprint density at radius 2 is 2.33 bits per heavy atom. The first-order valence-corrected chi connectivity index (χ1v) is 7.76. The maximum atomic E-state index is 12.2. The minimum atomic E-state index is -0.978. The summed E-state index contributed by atoms with van der Waals surface area (Å²) < 4.78 is 1.48. The average molecular weight is 311 g/mol. The molecule has 1 amide bonds. The lowest BCUT2D eigenvalue weighted by atomic mass is 10.1. The number of carbonyl (C=O) groups is 2. The number of amides is 1. The molecule has 1 aliphatic heterocycles. The summed E-state index contributed by atoms with van der Waals surface area (Å²) in [6, 6.07) is -0.480. The zero-order chi connectivity index (χ0) is 15.4. The molecule has 0 radical (unpaired) electrons. The molecule has 8 heteroatoms. The highest BCUT2D eigenvalue weighted by Crippen LogP contribution is 2.20. The second-order valence-corrected chi connectivity index (χ2v) is 5.88. The Kier molecular flexibility index (Phi) is 5.00. The van der Waals surface area contributed by atoms with E-state index >= 15 is 0 Å². The average Bonchev–Trinajstić information content (AvgIpc) is 2.87. The molecule has 0 saturated heterocycles. The topological polar surface area (TPSA) is 101 Å². The maximum Gasteiger partial charge on any atom is 0.305 e. The number of carbonyl (C=O) groups excluding carboxylic acids is 1. The Morgan fingerprint density at radius 1 is 1.57 bits per heavy atom. The molecule has 114 valence electrons. The largest absolute Gasteiger partial charge is 0.481 e. The third-order valence-corrected chi connectivity index (χ3v) is 4.17. The summed E-state index contributed by atoms with van der Waals surface area (Å²) in [7, 11) is 0. The lowest BCUT2D eigenvalue weighted by Gasteiger charge is -2.16. The summed E-state index contributed by atoms with van der Waals surface area (Å²) in [6.45, 7) is 2.45. The maximum absolute atomic E-state index is 12.2. The van der Waals surface area contributed by atoms with Gasteiger partial charge in [0.05, 0.1) is 6.42 Å². The van der Waals surface area contributed by atoms with Gasteiger partial charge in [0.1, 0.15) is 5.56 Å². The summed E-state index contributed by atoms with van der Waals surface area (Å²) in [4.78, 5) is 39.3. The predicted molar refractivity (Wildman–Crippen MR) is 77.6 cm³/mol. The fraction of sp³-hybridized carbons (Fsp3) is 0.538. The van der Waals surface area contributed by atoms with Crippen LogP contribution in [-0.2, 0) is 11.3 Å². The molecule has 2 rings (SSSR count). The van der Waals surface area contributed by atoms with Crippen LogP contribution >= 0.6 is 11.8 Å². The van der Waals surface area contributed by atoms with E-state index in [2.05, 4.69) is 10.3 Å². The Balaban J connectivity index is 2.16. The van der Waals surface area contributed by atoms with Crippen LogP contribution < -0.4 is 10.9 Å². The number of rotatable bonds is 6. The SMILES string of the molecule is CCCC(CC(=O)O)NC(=O)c1cnc2n(c1=O)CCS2. The molecule has 7 nitrogen and oxygen atoms in total. The van der Waals surface area contributed by atoms with Crippen molar-refractivity contribution in [2.45, 2.75) is 43.9 Å². The van der Waals surface area contributed by atoms with Crippen LogP contribution in [0.4, 0.5) is 0 Å². The number of fused-ring (bicyclic) bond motifs is 1. The van der Waals surface area contributed by atoms with E-state index in [0.29, 0.717) is 18.1 Å². The van der Waals surface area contributed by atoms with Gasteiger partial charge in [0.25, 0.3) is 11.5 Å². The highest BCUT2D eigenvalue weighted by atomic mass is 32.2. The highest BCUT2D eigenvalue weighted by Gasteiger charge is 2.22. The van der Waals surface area contributed by atoms with E-state index in [1.54, 1.807) is 0 Å². The molecule has 1 aromatic rings. The summed E-state index contributed by atoms with van der Waals surface area (Å²) in [5.74, 6) is -0.765. The third-order valence-electron chi connectivity index (χ3n) is 3.19. The Bertz CT molecular complexity index is 614. The number of thioether (sulfide) groups is 1. The van der Waals surface area contributed by atoms with Gasteiger partial charge in [-0.3, -0.25) is 19.0 Å². The number of aromatic nitrogens is 2. The first kappa shape index (κ1) is 15.6. The van der Waals surface area contributed by atoms with Gasteiger partial charge in [0.15, 0.2) is 5.16 Å². The summed E-state index contributed by atoms with van der Waals surface area (Å²) >= 11 is 1.48. The van der Waals surface area contributed by atoms with E-state index in [-0.39, 0.29) is 17.5 Å². The smallest absolute Gasteiger partial charge is 0.305 e. The molecule has 2 N–H and O–H groups in total. The first-order chi connectivity index (χ1) is 10.0. The molecule has 0 fully saturated rings. The van der Waals surface area contributed by atoms with Gasteiger partial charge in [-0.2, -0.15) is 0 Å². The van der Waals surface area contributed by atoms with Gasteiger partial charge in [0, 0.05) is 24.5 Å². The molecule has 0 spiro atoms. The van der Waals surface area contributed by atoms with E-state index in [4.69, 9.17) is 5.11 Å². The number of nitrogens with zero attached hydrogens (tertiary/aromatic N) is 2. The fourth-order valence-electron chi connectivity index (χ4n) is 2.22. The Labute approximate surface area is 125 Å². The standard InChI is InChI=1S/C13H17N3O4S/c1-2-3-8(6-10(17)18)15-11(19)9-7-14-13-16(12(9)20)4-5-21-13/h7-8H,2-6H2,1H3,(H,15,19)(H,17,18). The third kappa shape index (κ3) is 3.63. The highest BCUT2D eigenvalue weighted by molar-refractivity contribution is 7.99. The van der Waals surface area contributed by atoms with Gasteiger partial charge in [-0.15, -0.1) is 0 Å². The van der Waals surface area contributed by atoms with Crippen molar-refractivity contribution in [1.29, 1.82) is 0 Å². The van der Waals surface area contributed by atoms with Crippen LogP contribution in [-0.4, -0.2) is 38.3 Å². The van der Waals surface area contributed by atoms with Gasteiger partial charge in [-0.25, -0.2) is 4.98 Å². The summed E-state index contributed by atoms with van der Waals surface area (Å²) in [5, 5.41) is 12.1. The van der Waals surface area contributed by atoms with E-state index in [1.165, 1.54) is 22.5 Å². The van der Waals surface area contributed by atoms with E-state index in [0.717, 1.165) is 12.2 Å². The van der Waals surface area contributed by atoms with Gasteiger partial charge in [-0.1, -0.05) is 25.1 Å². The van der Waals surface area contributed by atoms with Crippen LogP contribution in [0.3, 0.4) is 0 Å². The summed E-state index contributed by atoms with van der Waals surface area (Å²) in [6.07, 6.45) is 2.41. The Morgan fingerprint density at radius 3 is 3.00 bits per heavy atom. The quantitative estimate of drug-likeness (QED) is 0.751. The Hall–Kier alpha value is -1.83. The monoisotopic (exact) mass is 311 g/mol. The van der Waals surface area contributed by atoms with Crippen LogP contribution in [0.1, 0.15) is 36.5 Å². The van der Waals surface area contributed by atoms with Crippen LogP contribution in [0.2, 0.25) is 0 Å². The van der Waals surface area contributed by atoms with Crippen molar-refractivity contribution in [2.75, 3.05) is 5.75 Å². The first-order valence-electron chi connectivity index (χ1n) is 6.78. The molecule has 0 bridgehead atoms. The van der Waals surface area contributed by atoms with Crippen molar-refractivity contribution >= 4 is 23.6 Å². The lowest BCUT2D eigenvalue weighted by molar-refractivity contribution is -0.137. The zero-order valence-electron chi connectivity index (χ0n) is 11.7. The molecule has 0 aromatic carbocycles. The molecule has 2 heterocycles. The van der Waals surface area contributed by atoms with Crippen molar-refractivity contribution in [2.24, 2.45) is 0 Å². The van der Waals surface area contributed by atoms with E-state index in [9.17, 15) is 14.4 Å². The molecular formula is C13H17N3O4S. The number of carboxylic acid groups (broad SMARTS) is 1.